The number of rotatable bonds is 3. The second kappa shape index (κ2) is 4.74. The summed E-state index contributed by atoms with van der Waals surface area (Å²) < 4.78 is 6.08. The molecule has 0 bridgehead atoms. The first-order valence-electron chi connectivity index (χ1n) is 4.15. The van der Waals surface area contributed by atoms with Crippen LogP contribution in [-0.4, -0.2) is 13.7 Å². The summed E-state index contributed by atoms with van der Waals surface area (Å²) in [4.78, 5) is 0. The lowest BCUT2D eigenvalue weighted by molar-refractivity contribution is 0.181. The molecule has 3 heteroatoms. The van der Waals surface area contributed by atoms with Gasteiger partial charge < -0.3 is 10.5 Å². The number of aryl methyl sites for hydroxylation is 1. The molecule has 1 aromatic rings. The highest BCUT2D eigenvalue weighted by molar-refractivity contribution is 9.10. The van der Waals surface area contributed by atoms with E-state index in [1.807, 2.05) is 12.1 Å². The molecule has 0 spiro atoms. The van der Waals surface area contributed by atoms with Gasteiger partial charge in [-0.25, -0.2) is 0 Å². The Labute approximate surface area is 87.2 Å². The van der Waals surface area contributed by atoms with Crippen LogP contribution in [0.3, 0.4) is 0 Å². The van der Waals surface area contributed by atoms with Crippen molar-refractivity contribution in [1.82, 2.24) is 0 Å². The highest BCUT2D eigenvalue weighted by atomic mass is 79.9. The Balaban J connectivity index is 2.84. The lowest BCUT2D eigenvalue weighted by Crippen LogP contribution is -2.15. The van der Waals surface area contributed by atoms with Gasteiger partial charge in [-0.2, -0.15) is 0 Å². The molecule has 1 atom stereocenters. The van der Waals surface area contributed by atoms with Crippen molar-refractivity contribution in [1.29, 1.82) is 0 Å². The maximum Gasteiger partial charge on any atom is 0.0655 e. The van der Waals surface area contributed by atoms with Gasteiger partial charge in [-0.3, -0.25) is 0 Å². The van der Waals surface area contributed by atoms with E-state index >= 15 is 0 Å². The lowest BCUT2D eigenvalue weighted by atomic mass is 10.1. The number of ether oxygens (including phenoxy) is 1. The Kier molecular flexibility index (Phi) is 3.90. The molecule has 0 fully saturated rings. The first kappa shape index (κ1) is 10.7. The molecule has 0 aliphatic carbocycles. The van der Waals surface area contributed by atoms with E-state index in [0.717, 1.165) is 10.0 Å². The van der Waals surface area contributed by atoms with Gasteiger partial charge in [0.05, 0.1) is 12.6 Å². The van der Waals surface area contributed by atoms with E-state index in [9.17, 15) is 0 Å². The number of hydrogen-bond donors (Lipinski definition) is 1. The molecule has 13 heavy (non-hydrogen) atoms. The molecule has 0 amide bonds. The van der Waals surface area contributed by atoms with E-state index in [1.165, 1.54) is 5.56 Å². The predicted molar refractivity (Wildman–Crippen MR) is 57.7 cm³/mol. The third kappa shape index (κ3) is 2.79. The summed E-state index contributed by atoms with van der Waals surface area (Å²) in [6, 6.07) is 6.08. The van der Waals surface area contributed by atoms with Crippen LogP contribution >= 0.6 is 15.9 Å². The number of methoxy groups -OCH3 is 1. The van der Waals surface area contributed by atoms with Crippen molar-refractivity contribution in [2.75, 3.05) is 13.7 Å². The summed E-state index contributed by atoms with van der Waals surface area (Å²) in [5.41, 5.74) is 8.19. The van der Waals surface area contributed by atoms with Gasteiger partial charge in [-0.15, -0.1) is 0 Å². The van der Waals surface area contributed by atoms with Crippen LogP contribution in [0.2, 0.25) is 0 Å². The van der Waals surface area contributed by atoms with Crippen LogP contribution in [0.4, 0.5) is 0 Å². The van der Waals surface area contributed by atoms with E-state index in [-0.39, 0.29) is 6.04 Å². The zero-order valence-electron chi connectivity index (χ0n) is 7.88. The molecule has 0 aliphatic rings. The number of halogens is 1. The first-order valence-corrected chi connectivity index (χ1v) is 4.95. The molecular weight excluding hydrogens is 230 g/mol. The van der Waals surface area contributed by atoms with Crippen LogP contribution < -0.4 is 5.73 Å². The maximum absolute atomic E-state index is 5.88. The van der Waals surface area contributed by atoms with Crippen LogP contribution in [0, 0.1) is 6.92 Å². The summed E-state index contributed by atoms with van der Waals surface area (Å²) in [6.07, 6.45) is 0. The van der Waals surface area contributed by atoms with Crippen molar-refractivity contribution in [2.45, 2.75) is 13.0 Å². The van der Waals surface area contributed by atoms with Gasteiger partial charge in [0.2, 0.25) is 0 Å². The minimum atomic E-state index is -0.0399. The molecule has 0 aromatic heterocycles. The second-order valence-electron chi connectivity index (χ2n) is 3.07. The Morgan fingerprint density at radius 3 is 2.77 bits per heavy atom. The molecule has 2 nitrogen and oxygen atoms in total. The molecule has 0 saturated carbocycles. The molecule has 72 valence electrons. The molecule has 0 radical (unpaired) electrons. The molecule has 0 heterocycles. The standard InChI is InChI=1S/C10H14BrNO/c1-7-3-4-8(5-9(7)11)10(12)6-13-2/h3-5,10H,6,12H2,1-2H3. The zero-order valence-corrected chi connectivity index (χ0v) is 9.47. The van der Waals surface area contributed by atoms with E-state index in [1.54, 1.807) is 7.11 Å². The van der Waals surface area contributed by atoms with Crippen molar-refractivity contribution in [3.05, 3.63) is 33.8 Å². The van der Waals surface area contributed by atoms with Gasteiger partial charge in [0.15, 0.2) is 0 Å². The molecular formula is C10H14BrNO. The molecule has 2 N–H and O–H groups in total. The van der Waals surface area contributed by atoms with E-state index < -0.39 is 0 Å². The Morgan fingerprint density at radius 1 is 1.54 bits per heavy atom. The van der Waals surface area contributed by atoms with E-state index in [4.69, 9.17) is 10.5 Å². The number of nitrogens with two attached hydrogens (primary N) is 1. The van der Waals surface area contributed by atoms with Crippen molar-refractivity contribution in [2.24, 2.45) is 5.73 Å². The van der Waals surface area contributed by atoms with Gasteiger partial charge in [-0.1, -0.05) is 28.1 Å². The fourth-order valence-corrected chi connectivity index (χ4v) is 1.51. The Morgan fingerprint density at radius 2 is 2.23 bits per heavy atom. The SMILES string of the molecule is COCC(N)c1ccc(C)c(Br)c1. The van der Waals surface area contributed by atoms with Gasteiger partial charge in [0.1, 0.15) is 0 Å². The summed E-state index contributed by atoms with van der Waals surface area (Å²) in [5.74, 6) is 0. The summed E-state index contributed by atoms with van der Waals surface area (Å²) in [7, 11) is 1.66. The van der Waals surface area contributed by atoms with Gasteiger partial charge in [0, 0.05) is 11.6 Å². The quantitative estimate of drug-likeness (QED) is 0.886. The Hall–Kier alpha value is -0.380. The predicted octanol–water partition coefficient (Wildman–Crippen LogP) is 2.40. The van der Waals surface area contributed by atoms with Crippen molar-refractivity contribution in [3.8, 4) is 0 Å². The number of hydrogen-bond acceptors (Lipinski definition) is 2. The highest BCUT2D eigenvalue weighted by Crippen LogP contribution is 2.20. The van der Waals surface area contributed by atoms with Crippen LogP contribution in [0.5, 0.6) is 0 Å². The van der Waals surface area contributed by atoms with Gasteiger partial charge >= 0.3 is 0 Å². The zero-order chi connectivity index (χ0) is 9.84. The van der Waals surface area contributed by atoms with Crippen LogP contribution in [0.15, 0.2) is 22.7 Å². The van der Waals surface area contributed by atoms with Gasteiger partial charge in [-0.05, 0) is 24.1 Å². The molecule has 1 rings (SSSR count). The molecule has 0 saturated heterocycles. The van der Waals surface area contributed by atoms with E-state index in [0.29, 0.717) is 6.61 Å². The van der Waals surface area contributed by atoms with E-state index in [2.05, 4.69) is 28.9 Å². The second-order valence-corrected chi connectivity index (χ2v) is 3.92. The molecule has 0 aliphatic heterocycles. The monoisotopic (exact) mass is 243 g/mol. The minimum Gasteiger partial charge on any atom is -0.383 e. The van der Waals surface area contributed by atoms with Gasteiger partial charge in [0.25, 0.3) is 0 Å². The molecule has 1 aromatic carbocycles. The minimum absolute atomic E-state index is 0.0399. The normalized spacial score (nSPS) is 12.9. The average molecular weight is 244 g/mol. The average Bonchev–Trinajstić information content (AvgIpc) is 2.10. The third-order valence-corrected chi connectivity index (χ3v) is 2.82. The molecule has 1 unspecified atom stereocenters. The lowest BCUT2D eigenvalue weighted by Gasteiger charge is -2.11. The first-order chi connectivity index (χ1) is 6.15. The fraction of sp³-hybridized carbons (Fsp3) is 0.400. The topological polar surface area (TPSA) is 35.2 Å². The van der Waals surface area contributed by atoms with Crippen molar-refractivity contribution < 1.29 is 4.74 Å². The largest absolute Gasteiger partial charge is 0.383 e. The summed E-state index contributed by atoms with van der Waals surface area (Å²) >= 11 is 3.47. The van der Waals surface area contributed by atoms with Crippen LogP contribution in [0.25, 0.3) is 0 Å². The van der Waals surface area contributed by atoms with Crippen molar-refractivity contribution >= 4 is 15.9 Å². The third-order valence-electron chi connectivity index (χ3n) is 1.97. The summed E-state index contributed by atoms with van der Waals surface area (Å²) in [6.45, 7) is 2.60. The number of benzene rings is 1. The highest BCUT2D eigenvalue weighted by Gasteiger charge is 2.06. The summed E-state index contributed by atoms with van der Waals surface area (Å²) in [5, 5.41) is 0. The maximum atomic E-state index is 5.88. The van der Waals surface area contributed by atoms with Crippen molar-refractivity contribution in [3.63, 3.8) is 0 Å². The van der Waals surface area contributed by atoms with Crippen LogP contribution in [-0.2, 0) is 4.74 Å². The van der Waals surface area contributed by atoms with Crippen LogP contribution in [0.1, 0.15) is 17.2 Å². The Bertz CT molecular complexity index is 288. The fourth-order valence-electron chi connectivity index (χ4n) is 1.12. The smallest absolute Gasteiger partial charge is 0.0655 e.